The molecule has 1 heterocycles. The highest BCUT2D eigenvalue weighted by molar-refractivity contribution is 7.92. The van der Waals surface area contributed by atoms with Crippen LogP contribution in [0.5, 0.6) is 0 Å². The number of nitrogens with one attached hydrogen (secondary N) is 2. The lowest BCUT2D eigenvalue weighted by Gasteiger charge is -2.19. The van der Waals surface area contributed by atoms with E-state index in [0.29, 0.717) is 11.3 Å². The highest BCUT2D eigenvalue weighted by atomic mass is 32.2. The van der Waals surface area contributed by atoms with Gasteiger partial charge in [0.15, 0.2) is 0 Å². The number of amides is 1. The minimum absolute atomic E-state index is 0.00419. The van der Waals surface area contributed by atoms with Crippen LogP contribution in [0.2, 0.25) is 0 Å². The second kappa shape index (κ2) is 9.00. The number of rotatable bonds is 6. The molecule has 1 aliphatic rings. The highest BCUT2D eigenvalue weighted by Crippen LogP contribution is 2.26. The van der Waals surface area contributed by atoms with Crippen LogP contribution in [0, 0.1) is 12.7 Å². The number of sulfonamides is 1. The fraction of sp³-hybridized carbons (Fsp3) is 0.208. The van der Waals surface area contributed by atoms with Gasteiger partial charge in [-0.05, 0) is 92.1 Å². The van der Waals surface area contributed by atoms with Crippen molar-refractivity contribution in [2.75, 3.05) is 28.0 Å². The molecule has 1 fully saturated rings. The fourth-order valence-electron chi connectivity index (χ4n) is 3.67. The lowest BCUT2D eigenvalue weighted by Crippen LogP contribution is -2.18. The average molecular weight is 454 g/mol. The summed E-state index contributed by atoms with van der Waals surface area (Å²) in [6, 6.07) is 16.6. The summed E-state index contributed by atoms with van der Waals surface area (Å²) in [6.07, 6.45) is 2.39. The van der Waals surface area contributed by atoms with Gasteiger partial charge in [0, 0.05) is 35.7 Å². The van der Waals surface area contributed by atoms with Crippen molar-refractivity contribution in [3.05, 3.63) is 83.7 Å². The number of hydrogen-bond donors (Lipinski definition) is 2. The van der Waals surface area contributed by atoms with Gasteiger partial charge in [-0.1, -0.05) is 0 Å². The smallest absolute Gasteiger partial charge is 0.261 e. The van der Waals surface area contributed by atoms with Crippen molar-refractivity contribution in [3.63, 3.8) is 0 Å². The molecule has 0 spiro atoms. The Morgan fingerprint density at radius 3 is 2.22 bits per heavy atom. The molecule has 3 aromatic carbocycles. The van der Waals surface area contributed by atoms with Crippen molar-refractivity contribution in [2.45, 2.75) is 24.7 Å². The molecule has 8 heteroatoms. The van der Waals surface area contributed by atoms with Gasteiger partial charge in [0.2, 0.25) is 0 Å². The van der Waals surface area contributed by atoms with E-state index < -0.39 is 15.8 Å². The molecule has 1 saturated heterocycles. The Kier molecular flexibility index (Phi) is 6.14. The van der Waals surface area contributed by atoms with Crippen molar-refractivity contribution in [1.82, 2.24) is 0 Å². The summed E-state index contributed by atoms with van der Waals surface area (Å²) in [5.74, 6) is -0.776. The Bertz CT molecular complexity index is 1220. The number of nitrogens with zero attached hydrogens (tertiary/aromatic N) is 1. The van der Waals surface area contributed by atoms with Gasteiger partial charge in [0.25, 0.3) is 15.9 Å². The van der Waals surface area contributed by atoms with E-state index in [9.17, 15) is 17.6 Å². The molecule has 1 aliphatic heterocycles. The molecule has 0 saturated carbocycles. The molecule has 0 atom stereocenters. The number of anilines is 3. The van der Waals surface area contributed by atoms with Crippen LogP contribution in [0.1, 0.15) is 28.8 Å². The number of halogens is 1. The zero-order chi connectivity index (χ0) is 22.7. The number of hydrogen-bond acceptors (Lipinski definition) is 4. The maximum absolute atomic E-state index is 13.0. The molecule has 32 heavy (non-hydrogen) atoms. The van der Waals surface area contributed by atoms with Gasteiger partial charge in [-0.15, -0.1) is 0 Å². The molecule has 0 bridgehead atoms. The van der Waals surface area contributed by atoms with E-state index in [1.807, 2.05) is 19.1 Å². The Morgan fingerprint density at radius 2 is 1.59 bits per heavy atom. The largest absolute Gasteiger partial charge is 0.372 e. The lowest BCUT2D eigenvalue weighted by molar-refractivity contribution is 0.102. The Morgan fingerprint density at radius 1 is 0.938 bits per heavy atom. The molecule has 0 aromatic heterocycles. The van der Waals surface area contributed by atoms with Crippen LogP contribution in [0.4, 0.5) is 21.5 Å². The van der Waals surface area contributed by atoms with Gasteiger partial charge in [-0.2, -0.15) is 0 Å². The summed E-state index contributed by atoms with van der Waals surface area (Å²) in [6.45, 7) is 4.05. The average Bonchev–Trinajstić information content (AvgIpc) is 3.32. The van der Waals surface area contributed by atoms with E-state index in [1.165, 1.54) is 61.4 Å². The third kappa shape index (κ3) is 4.91. The second-order valence-electron chi connectivity index (χ2n) is 7.78. The number of aryl methyl sites for hydroxylation is 1. The van der Waals surface area contributed by atoms with Crippen LogP contribution in [0.25, 0.3) is 0 Å². The first-order valence-electron chi connectivity index (χ1n) is 10.4. The number of carbonyl (C=O) groups excluding carboxylic acids is 1. The summed E-state index contributed by atoms with van der Waals surface area (Å²) < 4.78 is 40.5. The van der Waals surface area contributed by atoms with Gasteiger partial charge in [0.1, 0.15) is 5.82 Å². The minimum Gasteiger partial charge on any atom is -0.372 e. The lowest BCUT2D eigenvalue weighted by atomic mass is 10.1. The summed E-state index contributed by atoms with van der Waals surface area (Å²) in [5, 5.41) is 2.89. The number of benzene rings is 3. The van der Waals surface area contributed by atoms with E-state index in [-0.39, 0.29) is 16.5 Å². The van der Waals surface area contributed by atoms with Crippen molar-refractivity contribution >= 4 is 33.0 Å². The van der Waals surface area contributed by atoms with Crippen LogP contribution in [-0.4, -0.2) is 27.4 Å². The number of carbonyl (C=O) groups is 1. The van der Waals surface area contributed by atoms with E-state index in [0.717, 1.165) is 24.3 Å². The Hall–Kier alpha value is -3.39. The van der Waals surface area contributed by atoms with E-state index >= 15 is 0 Å². The summed E-state index contributed by atoms with van der Waals surface area (Å²) in [7, 11) is -3.86. The fourth-order valence-corrected chi connectivity index (χ4v) is 4.73. The molecule has 1 amide bonds. The Balaban J connectivity index is 1.44. The van der Waals surface area contributed by atoms with Crippen molar-refractivity contribution in [2.24, 2.45) is 0 Å². The standard InChI is InChI=1S/C24H24FN3O3S/c1-17-16-21(28-14-2-3-15-28)10-13-23(17)26-24(29)18-4-11-22(12-5-18)32(30,31)27-20-8-6-19(25)7-9-20/h4-13,16,27H,2-3,14-15H2,1H3,(H,26,29). The molecule has 3 aromatic rings. The van der Waals surface area contributed by atoms with Crippen LogP contribution >= 0.6 is 0 Å². The molecule has 0 unspecified atom stereocenters. The normalized spacial score (nSPS) is 13.8. The predicted molar refractivity (Wildman–Crippen MR) is 124 cm³/mol. The Labute approximate surface area is 187 Å². The van der Waals surface area contributed by atoms with E-state index in [1.54, 1.807) is 0 Å². The zero-order valence-corrected chi connectivity index (χ0v) is 18.5. The molecule has 2 N–H and O–H groups in total. The maximum atomic E-state index is 13.0. The van der Waals surface area contributed by atoms with Crippen molar-refractivity contribution in [1.29, 1.82) is 0 Å². The molecular weight excluding hydrogens is 429 g/mol. The molecule has 4 rings (SSSR count). The van der Waals surface area contributed by atoms with Crippen molar-refractivity contribution < 1.29 is 17.6 Å². The van der Waals surface area contributed by atoms with Gasteiger partial charge >= 0.3 is 0 Å². The molecular formula is C24H24FN3O3S. The third-order valence-electron chi connectivity index (χ3n) is 5.45. The summed E-state index contributed by atoms with van der Waals surface area (Å²) in [4.78, 5) is 15.0. The van der Waals surface area contributed by atoms with Gasteiger partial charge in [-0.3, -0.25) is 9.52 Å². The second-order valence-corrected chi connectivity index (χ2v) is 9.47. The first-order valence-corrected chi connectivity index (χ1v) is 11.9. The highest BCUT2D eigenvalue weighted by Gasteiger charge is 2.17. The van der Waals surface area contributed by atoms with Gasteiger partial charge in [0.05, 0.1) is 4.90 Å². The monoisotopic (exact) mass is 453 g/mol. The van der Waals surface area contributed by atoms with Crippen molar-refractivity contribution in [3.8, 4) is 0 Å². The van der Waals surface area contributed by atoms with Crippen LogP contribution in [-0.2, 0) is 10.0 Å². The third-order valence-corrected chi connectivity index (χ3v) is 6.85. The summed E-state index contributed by atoms with van der Waals surface area (Å²) in [5.41, 5.74) is 3.43. The van der Waals surface area contributed by atoms with E-state index in [4.69, 9.17) is 0 Å². The zero-order valence-electron chi connectivity index (χ0n) is 17.6. The van der Waals surface area contributed by atoms with Crippen LogP contribution < -0.4 is 14.9 Å². The molecule has 166 valence electrons. The molecule has 6 nitrogen and oxygen atoms in total. The topological polar surface area (TPSA) is 78.5 Å². The van der Waals surface area contributed by atoms with Crippen LogP contribution in [0.3, 0.4) is 0 Å². The minimum atomic E-state index is -3.86. The summed E-state index contributed by atoms with van der Waals surface area (Å²) >= 11 is 0. The van der Waals surface area contributed by atoms with E-state index in [2.05, 4.69) is 21.0 Å². The molecule has 0 aliphatic carbocycles. The SMILES string of the molecule is Cc1cc(N2CCCC2)ccc1NC(=O)c1ccc(S(=O)(=O)Nc2ccc(F)cc2)cc1. The first-order chi connectivity index (χ1) is 15.3. The predicted octanol–water partition coefficient (Wildman–Crippen LogP) is 4.79. The first kappa shape index (κ1) is 21.8. The van der Waals surface area contributed by atoms with Crippen LogP contribution in [0.15, 0.2) is 71.6 Å². The maximum Gasteiger partial charge on any atom is 0.261 e. The quantitative estimate of drug-likeness (QED) is 0.563. The van der Waals surface area contributed by atoms with Gasteiger partial charge in [-0.25, -0.2) is 12.8 Å². The van der Waals surface area contributed by atoms with Gasteiger partial charge < -0.3 is 10.2 Å². The molecule has 0 radical (unpaired) electrons.